The van der Waals surface area contributed by atoms with E-state index >= 15 is 0 Å². The molecule has 16 heavy (non-hydrogen) atoms. The third kappa shape index (κ3) is 4.50. The summed E-state index contributed by atoms with van der Waals surface area (Å²) in [5.41, 5.74) is 0. The Labute approximate surface area is 114 Å². The summed E-state index contributed by atoms with van der Waals surface area (Å²) in [6.07, 6.45) is 2.64. The van der Waals surface area contributed by atoms with Gasteiger partial charge in [0.15, 0.2) is 0 Å². The van der Waals surface area contributed by atoms with E-state index in [-0.39, 0.29) is 6.61 Å². The first kappa shape index (κ1) is 14.1. The van der Waals surface area contributed by atoms with Crippen molar-refractivity contribution in [2.75, 3.05) is 13.2 Å². The van der Waals surface area contributed by atoms with Crippen LogP contribution < -0.4 is 4.74 Å². The van der Waals surface area contributed by atoms with Crippen molar-refractivity contribution in [3.05, 3.63) is 26.7 Å². The number of aliphatic hydroxyl groups excluding tert-OH is 1. The number of halogens is 3. The molecule has 1 aromatic rings. The summed E-state index contributed by atoms with van der Waals surface area (Å²) in [6, 6.07) is 3.41. The van der Waals surface area contributed by atoms with E-state index in [1.807, 2.05) is 0 Å². The molecule has 0 aliphatic carbocycles. The lowest BCUT2D eigenvalue weighted by atomic mass is 10.2. The number of hydrogen-bond donors (Lipinski definition) is 1. The molecule has 0 saturated carbocycles. The van der Waals surface area contributed by atoms with Gasteiger partial charge in [-0.25, -0.2) is 0 Å². The third-order valence-electron chi connectivity index (χ3n) is 2.03. The Kier molecular flexibility index (Phi) is 6.51. The molecule has 1 aromatic carbocycles. The Morgan fingerprint density at radius 3 is 2.56 bits per heavy atom. The summed E-state index contributed by atoms with van der Waals surface area (Å²) in [7, 11) is 0. The van der Waals surface area contributed by atoms with Gasteiger partial charge in [0.2, 0.25) is 0 Å². The number of ether oxygens (including phenoxy) is 1. The first-order valence-electron chi connectivity index (χ1n) is 5.03. The van der Waals surface area contributed by atoms with E-state index in [4.69, 9.17) is 33.0 Å². The van der Waals surface area contributed by atoms with Gasteiger partial charge in [-0.05, 0) is 41.3 Å². The highest BCUT2D eigenvalue weighted by Gasteiger charge is 2.06. The van der Waals surface area contributed by atoms with Crippen molar-refractivity contribution >= 4 is 39.1 Å². The zero-order valence-corrected chi connectivity index (χ0v) is 11.8. The SMILES string of the molecule is OCCCCCOc1cc(Cl)c(Br)cc1Cl. The molecule has 2 nitrogen and oxygen atoms in total. The van der Waals surface area contributed by atoms with E-state index in [9.17, 15) is 0 Å². The predicted molar refractivity (Wildman–Crippen MR) is 70.6 cm³/mol. The molecule has 5 heteroatoms. The average molecular weight is 328 g/mol. The number of unbranched alkanes of at least 4 members (excludes halogenated alkanes) is 2. The molecular weight excluding hydrogens is 315 g/mol. The fourth-order valence-corrected chi connectivity index (χ4v) is 2.03. The molecule has 0 amide bonds. The van der Waals surface area contributed by atoms with Crippen LogP contribution in [-0.4, -0.2) is 18.3 Å². The Hall–Kier alpha value is 0.0400. The van der Waals surface area contributed by atoms with Gasteiger partial charge in [-0.1, -0.05) is 23.2 Å². The highest BCUT2D eigenvalue weighted by Crippen LogP contribution is 2.34. The van der Waals surface area contributed by atoms with Crippen LogP contribution in [0.3, 0.4) is 0 Å². The average Bonchev–Trinajstić information content (AvgIpc) is 2.25. The molecule has 0 heterocycles. The first-order valence-corrected chi connectivity index (χ1v) is 6.58. The largest absolute Gasteiger partial charge is 0.492 e. The highest BCUT2D eigenvalue weighted by molar-refractivity contribution is 9.10. The van der Waals surface area contributed by atoms with Crippen molar-refractivity contribution in [2.45, 2.75) is 19.3 Å². The zero-order valence-electron chi connectivity index (χ0n) is 8.68. The first-order chi connectivity index (χ1) is 7.65. The summed E-state index contributed by atoms with van der Waals surface area (Å²) in [6.45, 7) is 0.808. The summed E-state index contributed by atoms with van der Waals surface area (Å²) in [5.74, 6) is 0.596. The molecule has 1 rings (SSSR count). The molecule has 0 aliphatic heterocycles. The normalized spacial score (nSPS) is 10.5. The summed E-state index contributed by atoms with van der Waals surface area (Å²) in [5, 5.41) is 9.73. The molecule has 0 aliphatic rings. The fraction of sp³-hybridized carbons (Fsp3) is 0.455. The Morgan fingerprint density at radius 2 is 1.88 bits per heavy atom. The van der Waals surface area contributed by atoms with E-state index < -0.39 is 0 Å². The van der Waals surface area contributed by atoms with Crippen molar-refractivity contribution in [3.63, 3.8) is 0 Å². The minimum atomic E-state index is 0.227. The van der Waals surface area contributed by atoms with E-state index in [1.54, 1.807) is 12.1 Å². The van der Waals surface area contributed by atoms with E-state index in [2.05, 4.69) is 15.9 Å². The summed E-state index contributed by atoms with van der Waals surface area (Å²) >= 11 is 15.2. The van der Waals surface area contributed by atoms with Gasteiger partial charge in [-0.15, -0.1) is 0 Å². The van der Waals surface area contributed by atoms with E-state index in [0.717, 1.165) is 23.7 Å². The number of benzene rings is 1. The quantitative estimate of drug-likeness (QED) is 0.623. The van der Waals surface area contributed by atoms with Gasteiger partial charge in [-0.3, -0.25) is 0 Å². The highest BCUT2D eigenvalue weighted by atomic mass is 79.9. The van der Waals surface area contributed by atoms with Gasteiger partial charge in [0.05, 0.1) is 16.7 Å². The van der Waals surface area contributed by atoms with Crippen LogP contribution in [0.5, 0.6) is 5.75 Å². The fourth-order valence-electron chi connectivity index (χ4n) is 1.19. The molecule has 0 unspecified atom stereocenters. The van der Waals surface area contributed by atoms with Gasteiger partial charge >= 0.3 is 0 Å². The van der Waals surface area contributed by atoms with Gasteiger partial charge in [0, 0.05) is 17.1 Å². The molecular formula is C11H13BrCl2O2. The van der Waals surface area contributed by atoms with Crippen LogP contribution in [0.4, 0.5) is 0 Å². The van der Waals surface area contributed by atoms with Gasteiger partial charge in [0.25, 0.3) is 0 Å². The van der Waals surface area contributed by atoms with Crippen molar-refractivity contribution in [2.24, 2.45) is 0 Å². The third-order valence-corrected chi connectivity index (χ3v) is 3.53. The van der Waals surface area contributed by atoms with Crippen LogP contribution in [0.25, 0.3) is 0 Å². The number of aliphatic hydroxyl groups is 1. The lowest BCUT2D eigenvalue weighted by Gasteiger charge is -2.09. The van der Waals surface area contributed by atoms with Gasteiger partial charge in [-0.2, -0.15) is 0 Å². The molecule has 0 spiro atoms. The van der Waals surface area contributed by atoms with Crippen molar-refractivity contribution in [3.8, 4) is 5.75 Å². The van der Waals surface area contributed by atoms with Gasteiger partial charge < -0.3 is 9.84 Å². The van der Waals surface area contributed by atoms with E-state index in [1.165, 1.54) is 0 Å². The topological polar surface area (TPSA) is 29.5 Å². The molecule has 90 valence electrons. The molecule has 0 atom stereocenters. The second-order valence-corrected chi connectivity index (χ2v) is 5.00. The number of rotatable bonds is 6. The van der Waals surface area contributed by atoms with Crippen LogP contribution in [0.1, 0.15) is 19.3 Å². The second-order valence-electron chi connectivity index (χ2n) is 3.33. The smallest absolute Gasteiger partial charge is 0.139 e. The zero-order chi connectivity index (χ0) is 12.0. The maximum Gasteiger partial charge on any atom is 0.139 e. The Morgan fingerprint density at radius 1 is 1.12 bits per heavy atom. The Balaban J connectivity index is 2.45. The summed E-state index contributed by atoms with van der Waals surface area (Å²) in [4.78, 5) is 0. The molecule has 0 fully saturated rings. The van der Waals surface area contributed by atoms with Crippen molar-refractivity contribution in [1.29, 1.82) is 0 Å². The second kappa shape index (κ2) is 7.38. The molecule has 0 bridgehead atoms. The van der Waals surface area contributed by atoms with Crippen LogP contribution in [0, 0.1) is 0 Å². The minimum absolute atomic E-state index is 0.227. The lowest BCUT2D eigenvalue weighted by Crippen LogP contribution is -1.98. The van der Waals surface area contributed by atoms with Crippen LogP contribution in [-0.2, 0) is 0 Å². The minimum Gasteiger partial charge on any atom is -0.492 e. The van der Waals surface area contributed by atoms with Gasteiger partial charge in [0.1, 0.15) is 5.75 Å². The van der Waals surface area contributed by atoms with Crippen LogP contribution >= 0.6 is 39.1 Å². The lowest BCUT2D eigenvalue weighted by molar-refractivity contribution is 0.266. The molecule has 0 saturated heterocycles. The van der Waals surface area contributed by atoms with Crippen LogP contribution in [0.2, 0.25) is 10.0 Å². The van der Waals surface area contributed by atoms with Crippen molar-refractivity contribution < 1.29 is 9.84 Å². The number of hydrogen-bond acceptors (Lipinski definition) is 2. The standard InChI is InChI=1S/C11H13BrCl2O2/c12-8-6-10(14)11(7-9(8)13)16-5-3-1-2-4-15/h6-7,15H,1-5H2. The maximum absolute atomic E-state index is 8.61. The van der Waals surface area contributed by atoms with Crippen LogP contribution in [0.15, 0.2) is 16.6 Å². The Bertz CT molecular complexity index is 345. The summed E-state index contributed by atoms with van der Waals surface area (Å²) < 4.78 is 6.26. The molecule has 0 aromatic heterocycles. The maximum atomic E-state index is 8.61. The predicted octanol–water partition coefficient (Wildman–Crippen LogP) is 4.30. The molecule has 1 N–H and O–H groups in total. The molecule has 0 radical (unpaired) electrons. The van der Waals surface area contributed by atoms with E-state index in [0.29, 0.717) is 22.4 Å². The monoisotopic (exact) mass is 326 g/mol. The van der Waals surface area contributed by atoms with Crippen molar-refractivity contribution in [1.82, 2.24) is 0 Å².